The Kier molecular flexibility index (Phi) is 2.85. The zero-order valence-electron chi connectivity index (χ0n) is 9.50. The van der Waals surface area contributed by atoms with E-state index >= 15 is 0 Å². The maximum absolute atomic E-state index is 11.4. The monoisotopic (exact) mass is 208 g/mol. The summed E-state index contributed by atoms with van der Waals surface area (Å²) in [4.78, 5) is 11.4. The van der Waals surface area contributed by atoms with Crippen molar-refractivity contribution in [3.8, 4) is 0 Å². The summed E-state index contributed by atoms with van der Waals surface area (Å²) in [6.07, 6.45) is 8.67. The van der Waals surface area contributed by atoms with E-state index in [1.165, 1.54) is 32.8 Å². The third kappa shape index (κ3) is 1.95. The van der Waals surface area contributed by atoms with E-state index in [-0.39, 0.29) is 11.4 Å². The van der Waals surface area contributed by atoms with Crippen LogP contribution in [0.2, 0.25) is 0 Å². The molecule has 0 saturated heterocycles. The van der Waals surface area contributed by atoms with Crippen LogP contribution in [0, 0.1) is 17.3 Å². The summed E-state index contributed by atoms with van der Waals surface area (Å²) in [5.74, 6) is 1.71. The maximum atomic E-state index is 11.4. The lowest BCUT2D eigenvalue weighted by Crippen LogP contribution is -2.21. The van der Waals surface area contributed by atoms with Crippen molar-refractivity contribution in [3.05, 3.63) is 12.7 Å². The summed E-state index contributed by atoms with van der Waals surface area (Å²) in [6, 6.07) is 0. The van der Waals surface area contributed by atoms with E-state index in [0.717, 1.165) is 18.3 Å². The van der Waals surface area contributed by atoms with Gasteiger partial charge in [-0.15, -0.1) is 6.58 Å². The number of rotatable bonds is 4. The molecular weight excluding hydrogens is 188 g/mol. The molecule has 2 saturated carbocycles. The molecule has 0 aromatic rings. The highest BCUT2D eigenvalue weighted by molar-refractivity contribution is 5.70. The Hall–Kier alpha value is -0.790. The summed E-state index contributed by atoms with van der Waals surface area (Å²) in [7, 11) is 1.48. The molecule has 0 bridgehead atoms. The van der Waals surface area contributed by atoms with Crippen molar-refractivity contribution in [2.24, 2.45) is 17.3 Å². The minimum atomic E-state index is -0.0573. The molecule has 84 valence electrons. The predicted molar refractivity (Wildman–Crippen MR) is 59.3 cm³/mol. The van der Waals surface area contributed by atoms with Crippen molar-refractivity contribution in [2.45, 2.75) is 38.5 Å². The van der Waals surface area contributed by atoms with Crippen LogP contribution in [0.15, 0.2) is 12.7 Å². The van der Waals surface area contributed by atoms with Crippen LogP contribution in [0.3, 0.4) is 0 Å². The second kappa shape index (κ2) is 3.99. The van der Waals surface area contributed by atoms with Gasteiger partial charge in [-0.3, -0.25) is 4.79 Å². The molecule has 2 aliphatic rings. The highest BCUT2D eigenvalue weighted by Crippen LogP contribution is 2.58. The normalized spacial score (nSPS) is 37.9. The Balaban J connectivity index is 2.03. The maximum Gasteiger partial charge on any atom is 0.306 e. The first-order valence-corrected chi connectivity index (χ1v) is 5.87. The van der Waals surface area contributed by atoms with Gasteiger partial charge < -0.3 is 4.74 Å². The van der Waals surface area contributed by atoms with Crippen molar-refractivity contribution < 1.29 is 9.53 Å². The van der Waals surface area contributed by atoms with Gasteiger partial charge in [0.05, 0.1) is 13.5 Å². The molecule has 0 aromatic carbocycles. The van der Waals surface area contributed by atoms with Crippen molar-refractivity contribution >= 4 is 5.97 Å². The molecule has 1 unspecified atom stereocenters. The number of ether oxygens (including phenoxy) is 1. The average Bonchev–Trinajstić information content (AvgIpc) is 2.43. The lowest BCUT2D eigenvalue weighted by atomic mass is 9.77. The smallest absolute Gasteiger partial charge is 0.306 e. The molecule has 0 amide bonds. The van der Waals surface area contributed by atoms with E-state index in [0.29, 0.717) is 6.42 Å². The lowest BCUT2D eigenvalue weighted by molar-refractivity contribution is -0.143. The molecule has 0 aromatic heterocycles. The fourth-order valence-corrected chi connectivity index (χ4v) is 3.44. The highest BCUT2D eigenvalue weighted by Gasteiger charge is 2.49. The van der Waals surface area contributed by atoms with Gasteiger partial charge in [0, 0.05) is 0 Å². The van der Waals surface area contributed by atoms with Crippen molar-refractivity contribution in [1.29, 1.82) is 0 Å². The van der Waals surface area contributed by atoms with Crippen molar-refractivity contribution in [1.82, 2.24) is 0 Å². The number of methoxy groups -OCH3 is 1. The van der Waals surface area contributed by atoms with Gasteiger partial charge in [0.1, 0.15) is 0 Å². The molecule has 3 atom stereocenters. The van der Waals surface area contributed by atoms with Crippen LogP contribution in [0.1, 0.15) is 38.5 Å². The summed E-state index contributed by atoms with van der Waals surface area (Å²) < 4.78 is 4.80. The van der Waals surface area contributed by atoms with E-state index in [2.05, 4.69) is 6.58 Å². The Morgan fingerprint density at radius 1 is 1.47 bits per heavy atom. The fourth-order valence-electron chi connectivity index (χ4n) is 3.44. The Bertz CT molecular complexity index is 258. The van der Waals surface area contributed by atoms with Gasteiger partial charge in [0.15, 0.2) is 0 Å². The van der Waals surface area contributed by atoms with Crippen molar-refractivity contribution in [3.63, 3.8) is 0 Å². The van der Waals surface area contributed by atoms with Gasteiger partial charge >= 0.3 is 5.97 Å². The Labute approximate surface area is 91.7 Å². The van der Waals surface area contributed by atoms with Gasteiger partial charge in [-0.2, -0.15) is 0 Å². The first-order chi connectivity index (χ1) is 7.19. The SMILES string of the molecule is C=CCC1(CC(=O)OC)C[C@H]2CC[C@H]2C1. The Morgan fingerprint density at radius 3 is 2.47 bits per heavy atom. The Morgan fingerprint density at radius 2 is 2.07 bits per heavy atom. The first kappa shape index (κ1) is 10.7. The highest BCUT2D eigenvalue weighted by atomic mass is 16.5. The summed E-state index contributed by atoms with van der Waals surface area (Å²) >= 11 is 0. The van der Waals surface area contributed by atoms with Gasteiger partial charge in [-0.25, -0.2) is 0 Å². The third-order valence-corrected chi connectivity index (χ3v) is 4.29. The van der Waals surface area contributed by atoms with Gasteiger partial charge in [-0.1, -0.05) is 6.08 Å². The van der Waals surface area contributed by atoms with E-state index < -0.39 is 0 Å². The quantitative estimate of drug-likeness (QED) is 0.524. The van der Waals surface area contributed by atoms with Crippen molar-refractivity contribution in [2.75, 3.05) is 7.11 Å². The van der Waals surface area contributed by atoms with E-state index in [1.54, 1.807) is 0 Å². The van der Waals surface area contributed by atoms with Crippen LogP contribution in [0.25, 0.3) is 0 Å². The number of allylic oxidation sites excluding steroid dienone is 1. The molecule has 0 heterocycles. The summed E-state index contributed by atoms with van der Waals surface area (Å²) in [6.45, 7) is 3.82. The van der Waals surface area contributed by atoms with Crippen LogP contribution in [-0.4, -0.2) is 13.1 Å². The van der Waals surface area contributed by atoms with E-state index in [1.807, 2.05) is 6.08 Å². The molecule has 0 spiro atoms. The zero-order chi connectivity index (χ0) is 10.9. The topological polar surface area (TPSA) is 26.3 Å². The van der Waals surface area contributed by atoms with Gasteiger partial charge in [0.2, 0.25) is 0 Å². The first-order valence-electron chi connectivity index (χ1n) is 5.87. The minimum Gasteiger partial charge on any atom is -0.469 e. The lowest BCUT2D eigenvalue weighted by Gasteiger charge is -2.29. The van der Waals surface area contributed by atoms with Crippen LogP contribution < -0.4 is 0 Å². The minimum absolute atomic E-state index is 0.0573. The molecule has 2 fully saturated rings. The standard InChI is InChI=1S/C13H20O2/c1-3-6-13(9-12(14)15-2)7-10-4-5-11(10)8-13/h3,10-11H,1,4-9H2,2H3/t10-,11+,13?. The molecule has 0 N–H and O–H groups in total. The zero-order valence-corrected chi connectivity index (χ0v) is 9.50. The third-order valence-electron chi connectivity index (χ3n) is 4.29. The second-order valence-corrected chi connectivity index (χ2v) is 5.25. The molecule has 0 aliphatic heterocycles. The van der Waals surface area contributed by atoms with E-state index in [4.69, 9.17) is 4.74 Å². The number of hydrogen-bond acceptors (Lipinski definition) is 2. The number of esters is 1. The fraction of sp³-hybridized carbons (Fsp3) is 0.769. The number of hydrogen-bond donors (Lipinski definition) is 0. The number of fused-ring (bicyclic) bond motifs is 1. The van der Waals surface area contributed by atoms with Crippen LogP contribution in [-0.2, 0) is 9.53 Å². The summed E-state index contributed by atoms with van der Waals surface area (Å²) in [5, 5.41) is 0. The van der Waals surface area contributed by atoms with Crippen LogP contribution in [0.4, 0.5) is 0 Å². The molecule has 2 aliphatic carbocycles. The van der Waals surface area contributed by atoms with Gasteiger partial charge in [0.25, 0.3) is 0 Å². The largest absolute Gasteiger partial charge is 0.469 e. The molecular formula is C13H20O2. The van der Waals surface area contributed by atoms with Crippen LogP contribution >= 0.6 is 0 Å². The molecule has 15 heavy (non-hydrogen) atoms. The number of carbonyl (C=O) groups is 1. The molecule has 2 rings (SSSR count). The second-order valence-electron chi connectivity index (χ2n) is 5.25. The predicted octanol–water partition coefficient (Wildman–Crippen LogP) is 2.93. The average molecular weight is 208 g/mol. The molecule has 2 heteroatoms. The molecule has 2 nitrogen and oxygen atoms in total. The number of carbonyl (C=O) groups excluding carboxylic acids is 1. The van der Waals surface area contributed by atoms with Crippen LogP contribution in [0.5, 0.6) is 0 Å². The van der Waals surface area contributed by atoms with E-state index in [9.17, 15) is 4.79 Å². The summed E-state index contributed by atoms with van der Waals surface area (Å²) in [5.41, 5.74) is 0.181. The molecule has 0 radical (unpaired) electrons. The van der Waals surface area contributed by atoms with Gasteiger partial charge in [-0.05, 0) is 49.4 Å².